The lowest BCUT2D eigenvalue weighted by Crippen LogP contribution is -2.28. The average molecular weight is 288 g/mol. The van der Waals surface area contributed by atoms with Gasteiger partial charge in [-0.15, -0.1) is 11.3 Å². The largest absolute Gasteiger partial charge is 0.398 e. The molecule has 0 spiro atoms. The van der Waals surface area contributed by atoms with Crippen molar-refractivity contribution in [2.24, 2.45) is 5.84 Å². The zero-order valence-electron chi connectivity index (χ0n) is 8.78. The van der Waals surface area contributed by atoms with Gasteiger partial charge in [-0.25, -0.2) is 5.43 Å². The second-order valence-corrected chi connectivity index (χ2v) is 5.70. The minimum absolute atomic E-state index is 0.176. The van der Waals surface area contributed by atoms with Crippen LogP contribution >= 0.6 is 34.5 Å². The van der Waals surface area contributed by atoms with Gasteiger partial charge in [0, 0.05) is 15.6 Å². The molecular weight excluding hydrogens is 277 g/mol. The van der Waals surface area contributed by atoms with Gasteiger partial charge in [0.2, 0.25) is 0 Å². The Morgan fingerprint density at radius 1 is 1.18 bits per heavy atom. The van der Waals surface area contributed by atoms with E-state index >= 15 is 0 Å². The van der Waals surface area contributed by atoms with Gasteiger partial charge in [-0.3, -0.25) is 5.84 Å². The molecule has 2 aromatic rings. The fourth-order valence-corrected chi connectivity index (χ4v) is 2.94. The van der Waals surface area contributed by atoms with E-state index in [4.69, 9.17) is 34.8 Å². The van der Waals surface area contributed by atoms with E-state index in [9.17, 15) is 0 Å². The van der Waals surface area contributed by atoms with Crippen LogP contribution in [0.4, 0.5) is 5.69 Å². The molecule has 5 N–H and O–H groups in total. The maximum atomic E-state index is 5.93. The number of thiophene rings is 1. The van der Waals surface area contributed by atoms with Gasteiger partial charge in [-0.05, 0) is 29.8 Å². The molecule has 1 aromatic carbocycles. The molecule has 1 unspecified atom stereocenters. The minimum Gasteiger partial charge on any atom is -0.398 e. The molecule has 2 rings (SSSR count). The number of halogens is 2. The number of anilines is 1. The Hall–Kier alpha value is -0.780. The van der Waals surface area contributed by atoms with Gasteiger partial charge in [-0.2, -0.15) is 0 Å². The van der Waals surface area contributed by atoms with E-state index in [1.165, 1.54) is 11.3 Å². The van der Waals surface area contributed by atoms with Crippen LogP contribution in [0.2, 0.25) is 9.36 Å². The van der Waals surface area contributed by atoms with Crippen molar-refractivity contribution in [2.45, 2.75) is 6.04 Å². The van der Waals surface area contributed by atoms with Gasteiger partial charge in [-0.1, -0.05) is 29.3 Å². The number of hydrogen-bond acceptors (Lipinski definition) is 4. The average Bonchev–Trinajstić information content (AvgIpc) is 2.69. The second-order valence-electron chi connectivity index (χ2n) is 3.51. The number of nitrogen functional groups attached to an aromatic ring is 1. The van der Waals surface area contributed by atoms with Crippen molar-refractivity contribution >= 4 is 40.2 Å². The van der Waals surface area contributed by atoms with E-state index in [0.717, 1.165) is 10.4 Å². The van der Waals surface area contributed by atoms with E-state index < -0.39 is 0 Å². The highest BCUT2D eigenvalue weighted by Gasteiger charge is 2.17. The quantitative estimate of drug-likeness (QED) is 0.461. The first kappa shape index (κ1) is 12.7. The molecule has 1 atom stereocenters. The maximum Gasteiger partial charge on any atom is 0.0931 e. The van der Waals surface area contributed by atoms with Crippen LogP contribution in [0, 0.1) is 0 Å². The van der Waals surface area contributed by atoms with Crippen LogP contribution < -0.4 is 17.0 Å². The Morgan fingerprint density at radius 3 is 2.47 bits per heavy atom. The summed E-state index contributed by atoms with van der Waals surface area (Å²) in [4.78, 5) is 1.01. The molecule has 0 fully saturated rings. The summed E-state index contributed by atoms with van der Waals surface area (Å²) in [5.74, 6) is 5.58. The standard InChI is InChI=1S/C11H11Cl2N3S/c12-6-1-2-7(8(14)5-6)11(16-15)9-3-4-10(13)17-9/h1-5,11,16H,14-15H2. The molecule has 90 valence electrons. The molecule has 0 aliphatic rings. The molecule has 0 saturated heterocycles. The number of hydrazine groups is 1. The lowest BCUT2D eigenvalue weighted by Gasteiger charge is -2.16. The Kier molecular flexibility index (Phi) is 3.91. The highest BCUT2D eigenvalue weighted by atomic mass is 35.5. The monoisotopic (exact) mass is 287 g/mol. The van der Waals surface area contributed by atoms with E-state index in [0.29, 0.717) is 15.0 Å². The number of nitrogens with two attached hydrogens (primary N) is 2. The Balaban J connectivity index is 2.42. The highest BCUT2D eigenvalue weighted by molar-refractivity contribution is 7.16. The first-order chi connectivity index (χ1) is 8.11. The molecule has 17 heavy (non-hydrogen) atoms. The van der Waals surface area contributed by atoms with Crippen molar-refractivity contribution in [1.29, 1.82) is 0 Å². The second kappa shape index (κ2) is 5.25. The van der Waals surface area contributed by atoms with Gasteiger partial charge in [0.05, 0.1) is 10.4 Å². The van der Waals surface area contributed by atoms with Crippen molar-refractivity contribution in [2.75, 3.05) is 5.73 Å². The van der Waals surface area contributed by atoms with Gasteiger partial charge in [0.1, 0.15) is 0 Å². The Labute approximate surface area is 113 Å². The molecular formula is C11H11Cl2N3S. The molecule has 6 heteroatoms. The fraction of sp³-hybridized carbons (Fsp3) is 0.0909. The van der Waals surface area contributed by atoms with E-state index in [-0.39, 0.29) is 6.04 Å². The Bertz CT molecular complexity index is 527. The number of rotatable bonds is 3. The first-order valence-corrected chi connectivity index (χ1v) is 6.45. The third kappa shape index (κ3) is 2.73. The first-order valence-electron chi connectivity index (χ1n) is 4.88. The summed E-state index contributed by atoms with van der Waals surface area (Å²) in [6.07, 6.45) is 0. The van der Waals surface area contributed by atoms with Crippen LogP contribution in [0.25, 0.3) is 0 Å². The summed E-state index contributed by atoms with van der Waals surface area (Å²) in [5, 5.41) is 0.603. The summed E-state index contributed by atoms with van der Waals surface area (Å²) in [5.41, 5.74) is 10.2. The van der Waals surface area contributed by atoms with Gasteiger partial charge < -0.3 is 5.73 Å². The number of nitrogens with one attached hydrogen (secondary N) is 1. The topological polar surface area (TPSA) is 64.1 Å². The molecule has 0 radical (unpaired) electrons. The summed E-state index contributed by atoms with van der Waals surface area (Å²) >= 11 is 13.2. The SMILES string of the molecule is NNC(c1ccc(Cl)s1)c1ccc(Cl)cc1N. The van der Waals surface area contributed by atoms with Crippen molar-refractivity contribution < 1.29 is 0 Å². The Morgan fingerprint density at radius 2 is 1.94 bits per heavy atom. The van der Waals surface area contributed by atoms with Crippen LogP contribution in [-0.2, 0) is 0 Å². The molecule has 0 aliphatic carbocycles. The zero-order chi connectivity index (χ0) is 12.4. The predicted octanol–water partition coefficient (Wildman–Crippen LogP) is 3.19. The zero-order valence-corrected chi connectivity index (χ0v) is 11.1. The summed E-state index contributed by atoms with van der Waals surface area (Å²) in [6, 6.07) is 8.92. The van der Waals surface area contributed by atoms with Crippen LogP contribution in [-0.4, -0.2) is 0 Å². The fourth-order valence-electron chi connectivity index (χ4n) is 1.62. The minimum atomic E-state index is -0.176. The van der Waals surface area contributed by atoms with Crippen LogP contribution in [0.1, 0.15) is 16.5 Å². The van der Waals surface area contributed by atoms with Crippen molar-refractivity contribution in [1.82, 2.24) is 5.43 Å². The normalized spacial score (nSPS) is 12.6. The molecule has 0 aliphatic heterocycles. The van der Waals surface area contributed by atoms with Crippen molar-refractivity contribution in [3.8, 4) is 0 Å². The smallest absolute Gasteiger partial charge is 0.0931 e. The van der Waals surface area contributed by atoms with Gasteiger partial charge in [0.15, 0.2) is 0 Å². The van der Waals surface area contributed by atoms with Crippen LogP contribution in [0.15, 0.2) is 30.3 Å². The molecule has 1 heterocycles. The highest BCUT2D eigenvalue weighted by Crippen LogP contribution is 2.33. The van der Waals surface area contributed by atoms with Gasteiger partial charge >= 0.3 is 0 Å². The third-order valence-corrected chi connectivity index (χ3v) is 3.94. The maximum absolute atomic E-state index is 5.93. The van der Waals surface area contributed by atoms with E-state index in [1.807, 2.05) is 18.2 Å². The number of hydrogen-bond donors (Lipinski definition) is 3. The van der Waals surface area contributed by atoms with Crippen LogP contribution in [0.5, 0.6) is 0 Å². The van der Waals surface area contributed by atoms with E-state index in [1.54, 1.807) is 12.1 Å². The third-order valence-electron chi connectivity index (χ3n) is 2.41. The van der Waals surface area contributed by atoms with Gasteiger partial charge in [0.25, 0.3) is 0 Å². The molecule has 0 bridgehead atoms. The lowest BCUT2D eigenvalue weighted by molar-refractivity contribution is 0.648. The molecule has 1 aromatic heterocycles. The summed E-state index contributed by atoms with van der Waals surface area (Å²) < 4.78 is 0.716. The number of benzene rings is 1. The van der Waals surface area contributed by atoms with Crippen molar-refractivity contribution in [3.05, 3.63) is 50.1 Å². The molecule has 0 amide bonds. The summed E-state index contributed by atoms with van der Waals surface area (Å²) in [6.45, 7) is 0. The van der Waals surface area contributed by atoms with E-state index in [2.05, 4.69) is 5.43 Å². The summed E-state index contributed by atoms with van der Waals surface area (Å²) in [7, 11) is 0. The molecule has 0 saturated carbocycles. The predicted molar refractivity (Wildman–Crippen MR) is 74.4 cm³/mol. The lowest BCUT2D eigenvalue weighted by atomic mass is 10.0. The van der Waals surface area contributed by atoms with Crippen LogP contribution in [0.3, 0.4) is 0 Å². The van der Waals surface area contributed by atoms with Crippen molar-refractivity contribution in [3.63, 3.8) is 0 Å². The molecule has 3 nitrogen and oxygen atoms in total.